The van der Waals surface area contributed by atoms with Gasteiger partial charge in [-0.15, -0.1) is 0 Å². The monoisotopic (exact) mass is 343 g/mol. The second-order valence-electron chi connectivity index (χ2n) is 6.76. The average Bonchev–Trinajstić information content (AvgIpc) is 2.61. The molecule has 0 unspecified atom stereocenters. The first-order valence-corrected chi connectivity index (χ1v) is 9.00. The van der Waals surface area contributed by atoms with Crippen LogP contribution in [-0.2, 0) is 13.0 Å². The van der Waals surface area contributed by atoms with E-state index in [2.05, 4.69) is 11.0 Å². The molecule has 25 heavy (non-hydrogen) atoms. The maximum absolute atomic E-state index is 13.9. The van der Waals surface area contributed by atoms with Gasteiger partial charge in [-0.3, -0.25) is 4.90 Å². The number of phenols is 1. The second kappa shape index (κ2) is 8.34. The van der Waals surface area contributed by atoms with Crippen LogP contribution in [0.1, 0.15) is 36.8 Å². The van der Waals surface area contributed by atoms with Crippen molar-refractivity contribution in [2.75, 3.05) is 13.7 Å². The Labute approximate surface area is 149 Å². The molecule has 1 saturated heterocycles. The lowest BCUT2D eigenvalue weighted by molar-refractivity contribution is 0.131. The number of hydrogen-bond acceptors (Lipinski definition) is 3. The topological polar surface area (TPSA) is 32.7 Å². The molecule has 1 fully saturated rings. The summed E-state index contributed by atoms with van der Waals surface area (Å²) in [7, 11) is 1.53. The van der Waals surface area contributed by atoms with Gasteiger partial charge >= 0.3 is 0 Å². The fourth-order valence-corrected chi connectivity index (χ4v) is 3.77. The quantitative estimate of drug-likeness (QED) is 0.836. The van der Waals surface area contributed by atoms with Gasteiger partial charge in [-0.2, -0.15) is 0 Å². The smallest absolute Gasteiger partial charge is 0.165 e. The fourth-order valence-electron chi connectivity index (χ4n) is 3.77. The summed E-state index contributed by atoms with van der Waals surface area (Å²) >= 11 is 0. The first kappa shape index (κ1) is 17.7. The molecule has 0 aliphatic carbocycles. The van der Waals surface area contributed by atoms with E-state index in [1.165, 1.54) is 26.0 Å². The number of aryl methyl sites for hydroxylation is 1. The molecule has 3 nitrogen and oxygen atoms in total. The largest absolute Gasteiger partial charge is 0.508 e. The molecule has 134 valence electrons. The minimum Gasteiger partial charge on any atom is -0.508 e. The summed E-state index contributed by atoms with van der Waals surface area (Å²) in [6, 6.07) is 13.1. The third-order valence-corrected chi connectivity index (χ3v) is 5.05. The van der Waals surface area contributed by atoms with Gasteiger partial charge in [-0.25, -0.2) is 4.39 Å². The van der Waals surface area contributed by atoms with Crippen molar-refractivity contribution in [3.8, 4) is 11.5 Å². The van der Waals surface area contributed by atoms with Crippen LogP contribution in [0.5, 0.6) is 11.5 Å². The predicted molar refractivity (Wildman–Crippen MR) is 97.4 cm³/mol. The van der Waals surface area contributed by atoms with E-state index in [1.807, 2.05) is 18.2 Å². The molecule has 1 heterocycles. The Kier molecular flexibility index (Phi) is 5.92. The van der Waals surface area contributed by atoms with E-state index in [4.69, 9.17) is 4.74 Å². The Morgan fingerprint density at radius 1 is 1.20 bits per heavy atom. The van der Waals surface area contributed by atoms with Crippen LogP contribution in [0, 0.1) is 5.82 Å². The van der Waals surface area contributed by atoms with E-state index in [0.29, 0.717) is 24.1 Å². The number of rotatable bonds is 6. The van der Waals surface area contributed by atoms with Crippen LogP contribution in [0.15, 0.2) is 42.5 Å². The third kappa shape index (κ3) is 4.51. The molecule has 0 bridgehead atoms. The Morgan fingerprint density at radius 2 is 2.04 bits per heavy atom. The number of para-hydroxylation sites is 1. The van der Waals surface area contributed by atoms with Crippen LogP contribution in [0.25, 0.3) is 0 Å². The Morgan fingerprint density at radius 3 is 2.84 bits per heavy atom. The van der Waals surface area contributed by atoms with Gasteiger partial charge in [0.1, 0.15) is 5.75 Å². The van der Waals surface area contributed by atoms with Crippen LogP contribution in [-0.4, -0.2) is 29.7 Å². The summed E-state index contributed by atoms with van der Waals surface area (Å²) in [4.78, 5) is 2.45. The highest BCUT2D eigenvalue weighted by atomic mass is 19.1. The summed E-state index contributed by atoms with van der Waals surface area (Å²) < 4.78 is 19.2. The van der Waals surface area contributed by atoms with Gasteiger partial charge in [0, 0.05) is 18.2 Å². The SMILES string of the molecule is COc1c(F)cccc1CN1CCCC[C@H]1CCc1cccc(O)c1. The normalized spacial score (nSPS) is 18.2. The standard InChI is InChI=1S/C21H26FNO2/c1-25-21-17(7-5-10-20(21)22)15-23-13-3-2-8-18(23)12-11-16-6-4-9-19(24)14-16/h4-7,9-10,14,18,24H,2-3,8,11-13,15H2,1H3/t18-/m0/s1. The van der Waals surface area contributed by atoms with E-state index >= 15 is 0 Å². The first-order chi connectivity index (χ1) is 12.2. The predicted octanol–water partition coefficient (Wildman–Crippen LogP) is 4.53. The summed E-state index contributed by atoms with van der Waals surface area (Å²) in [5.74, 6) is 0.385. The molecule has 2 aromatic carbocycles. The minimum absolute atomic E-state index is 0.298. The number of aromatic hydroxyl groups is 1. The van der Waals surface area contributed by atoms with Crippen molar-refractivity contribution in [1.29, 1.82) is 0 Å². The fraction of sp³-hybridized carbons (Fsp3) is 0.429. The van der Waals surface area contributed by atoms with Crippen molar-refractivity contribution >= 4 is 0 Å². The zero-order valence-corrected chi connectivity index (χ0v) is 14.7. The molecule has 0 aromatic heterocycles. The lowest BCUT2D eigenvalue weighted by Gasteiger charge is -2.36. The van der Waals surface area contributed by atoms with Crippen molar-refractivity contribution in [2.24, 2.45) is 0 Å². The number of methoxy groups -OCH3 is 1. The molecule has 0 amide bonds. The number of nitrogens with zero attached hydrogens (tertiary/aromatic N) is 1. The number of benzene rings is 2. The van der Waals surface area contributed by atoms with E-state index in [-0.39, 0.29) is 5.82 Å². The number of ether oxygens (including phenoxy) is 1. The molecule has 1 aliphatic heterocycles. The van der Waals surface area contributed by atoms with E-state index < -0.39 is 0 Å². The highest BCUT2D eigenvalue weighted by molar-refractivity contribution is 5.35. The van der Waals surface area contributed by atoms with Crippen molar-refractivity contribution in [1.82, 2.24) is 4.90 Å². The van der Waals surface area contributed by atoms with Gasteiger partial charge in [-0.1, -0.05) is 30.7 Å². The van der Waals surface area contributed by atoms with Gasteiger partial charge in [0.05, 0.1) is 7.11 Å². The highest BCUT2D eigenvalue weighted by Gasteiger charge is 2.23. The second-order valence-corrected chi connectivity index (χ2v) is 6.76. The summed E-state index contributed by atoms with van der Waals surface area (Å²) in [5, 5.41) is 9.62. The lowest BCUT2D eigenvalue weighted by atomic mass is 9.95. The molecular weight excluding hydrogens is 317 g/mol. The van der Waals surface area contributed by atoms with Crippen molar-refractivity contribution < 1.29 is 14.2 Å². The summed E-state index contributed by atoms with van der Waals surface area (Å²) in [6.07, 6.45) is 5.56. The molecule has 1 atom stereocenters. The number of halogens is 1. The molecular formula is C21H26FNO2. The van der Waals surface area contributed by atoms with Gasteiger partial charge in [-0.05, 0) is 56.0 Å². The molecule has 0 saturated carbocycles. The van der Waals surface area contributed by atoms with E-state index in [9.17, 15) is 9.50 Å². The van der Waals surface area contributed by atoms with Crippen LogP contribution < -0.4 is 4.74 Å². The van der Waals surface area contributed by atoms with E-state index in [1.54, 1.807) is 12.1 Å². The van der Waals surface area contributed by atoms with Gasteiger partial charge < -0.3 is 9.84 Å². The Balaban J connectivity index is 1.68. The molecule has 4 heteroatoms. The summed E-state index contributed by atoms with van der Waals surface area (Å²) in [5.41, 5.74) is 2.07. The van der Waals surface area contributed by atoms with Crippen LogP contribution >= 0.6 is 0 Å². The van der Waals surface area contributed by atoms with Gasteiger partial charge in [0.2, 0.25) is 0 Å². The first-order valence-electron chi connectivity index (χ1n) is 9.00. The van der Waals surface area contributed by atoms with Crippen molar-refractivity contribution in [3.05, 3.63) is 59.4 Å². The molecule has 1 aliphatic rings. The van der Waals surface area contributed by atoms with Crippen molar-refractivity contribution in [3.63, 3.8) is 0 Å². The van der Waals surface area contributed by atoms with Crippen LogP contribution in [0.2, 0.25) is 0 Å². The van der Waals surface area contributed by atoms with Crippen molar-refractivity contribution in [2.45, 2.75) is 44.7 Å². The average molecular weight is 343 g/mol. The van der Waals surface area contributed by atoms with Gasteiger partial charge in [0.15, 0.2) is 11.6 Å². The zero-order valence-electron chi connectivity index (χ0n) is 14.7. The maximum atomic E-state index is 13.9. The highest BCUT2D eigenvalue weighted by Crippen LogP contribution is 2.28. The molecule has 0 spiro atoms. The van der Waals surface area contributed by atoms with Crippen LogP contribution in [0.3, 0.4) is 0 Å². The Bertz CT molecular complexity index is 704. The third-order valence-electron chi connectivity index (χ3n) is 5.05. The molecule has 3 rings (SSSR count). The lowest BCUT2D eigenvalue weighted by Crippen LogP contribution is -2.39. The number of likely N-dealkylation sites (tertiary alicyclic amines) is 1. The number of piperidine rings is 1. The number of phenolic OH excluding ortho intramolecular Hbond substituents is 1. The van der Waals surface area contributed by atoms with Gasteiger partial charge in [0.25, 0.3) is 0 Å². The maximum Gasteiger partial charge on any atom is 0.165 e. The van der Waals surface area contributed by atoms with E-state index in [0.717, 1.165) is 36.9 Å². The zero-order chi connectivity index (χ0) is 17.6. The molecule has 0 radical (unpaired) electrons. The number of hydrogen-bond donors (Lipinski definition) is 1. The Hall–Kier alpha value is -2.07. The minimum atomic E-state index is -0.298. The molecule has 2 aromatic rings. The van der Waals surface area contributed by atoms with Crippen LogP contribution in [0.4, 0.5) is 4.39 Å². The molecule has 1 N–H and O–H groups in total. The summed E-state index contributed by atoms with van der Waals surface area (Å²) in [6.45, 7) is 1.75.